The summed E-state index contributed by atoms with van der Waals surface area (Å²) in [6, 6.07) is -2.77. The van der Waals surface area contributed by atoms with E-state index in [1.165, 1.54) is 0 Å². The zero-order valence-corrected chi connectivity index (χ0v) is 9.83. The molecular formula is C9H15N3O7. The molecule has 108 valence electrons. The number of carbonyl (C=O) groups is 4. The summed E-state index contributed by atoms with van der Waals surface area (Å²) in [5.41, 5.74) is 5.24. The summed E-state index contributed by atoms with van der Waals surface area (Å²) in [6.45, 7) is -1.45. The highest BCUT2D eigenvalue weighted by atomic mass is 16.4. The van der Waals surface area contributed by atoms with Crippen LogP contribution in [-0.4, -0.2) is 64.3 Å². The summed E-state index contributed by atoms with van der Waals surface area (Å²) in [6.07, 6.45) is -0.638. The van der Waals surface area contributed by atoms with Gasteiger partial charge in [0.25, 0.3) is 0 Å². The van der Waals surface area contributed by atoms with Gasteiger partial charge in [-0.1, -0.05) is 0 Å². The largest absolute Gasteiger partial charge is 0.481 e. The molecule has 0 aromatic heterocycles. The minimum Gasteiger partial charge on any atom is -0.481 e. The van der Waals surface area contributed by atoms with E-state index < -0.39 is 55.4 Å². The Balaban J connectivity index is 4.38. The first-order valence-corrected chi connectivity index (χ1v) is 5.16. The Morgan fingerprint density at radius 2 is 1.63 bits per heavy atom. The number of aliphatic carboxylic acids is 2. The summed E-state index contributed by atoms with van der Waals surface area (Å²) in [5, 5.41) is 29.6. The van der Waals surface area contributed by atoms with Crippen molar-refractivity contribution in [1.82, 2.24) is 10.6 Å². The molecule has 0 spiro atoms. The second-order valence-corrected chi connectivity index (χ2v) is 3.56. The summed E-state index contributed by atoms with van der Waals surface area (Å²) >= 11 is 0. The van der Waals surface area contributed by atoms with Crippen LogP contribution < -0.4 is 16.4 Å². The van der Waals surface area contributed by atoms with Gasteiger partial charge in [-0.05, 0) is 0 Å². The van der Waals surface area contributed by atoms with Crippen LogP contribution in [0.25, 0.3) is 0 Å². The number of carbonyl (C=O) groups excluding carboxylic acids is 2. The Hall–Kier alpha value is -2.20. The Morgan fingerprint density at radius 1 is 1.05 bits per heavy atom. The predicted octanol–water partition coefficient (Wildman–Crippen LogP) is -3.53. The van der Waals surface area contributed by atoms with E-state index in [0.717, 1.165) is 0 Å². The number of amides is 2. The van der Waals surface area contributed by atoms with Crippen molar-refractivity contribution < 1.29 is 34.5 Å². The van der Waals surface area contributed by atoms with Gasteiger partial charge in [-0.2, -0.15) is 0 Å². The van der Waals surface area contributed by atoms with Crippen molar-refractivity contribution in [2.75, 3.05) is 13.2 Å². The molecule has 0 unspecified atom stereocenters. The molecule has 0 fully saturated rings. The van der Waals surface area contributed by atoms with E-state index in [0.29, 0.717) is 0 Å². The molecule has 0 rings (SSSR count). The fourth-order valence-corrected chi connectivity index (χ4v) is 1.04. The molecule has 2 atom stereocenters. The van der Waals surface area contributed by atoms with Crippen molar-refractivity contribution >= 4 is 23.8 Å². The fourth-order valence-electron chi connectivity index (χ4n) is 1.04. The third kappa shape index (κ3) is 6.95. The van der Waals surface area contributed by atoms with Gasteiger partial charge in [-0.25, -0.2) is 0 Å². The molecule has 19 heavy (non-hydrogen) atoms. The highest BCUT2D eigenvalue weighted by Gasteiger charge is 2.24. The maximum atomic E-state index is 11.4. The van der Waals surface area contributed by atoms with Crippen LogP contribution >= 0.6 is 0 Å². The molecule has 0 aromatic carbocycles. The van der Waals surface area contributed by atoms with Crippen molar-refractivity contribution in [1.29, 1.82) is 0 Å². The number of nitrogens with two attached hydrogens (primary N) is 1. The number of carboxylic acid groups (broad SMARTS) is 2. The van der Waals surface area contributed by atoms with Crippen LogP contribution in [0.2, 0.25) is 0 Å². The molecule has 0 aromatic rings. The third-order valence-electron chi connectivity index (χ3n) is 1.96. The average Bonchev–Trinajstić information content (AvgIpc) is 2.31. The van der Waals surface area contributed by atoms with E-state index in [4.69, 9.17) is 21.1 Å². The monoisotopic (exact) mass is 277 g/mol. The fraction of sp³-hybridized carbons (Fsp3) is 0.556. The molecular weight excluding hydrogens is 262 g/mol. The van der Waals surface area contributed by atoms with Crippen LogP contribution in [0.4, 0.5) is 0 Å². The quantitative estimate of drug-likeness (QED) is 0.264. The van der Waals surface area contributed by atoms with Gasteiger partial charge in [0.1, 0.15) is 12.6 Å². The molecule has 10 heteroatoms. The second kappa shape index (κ2) is 8.00. The van der Waals surface area contributed by atoms with Gasteiger partial charge in [0.05, 0.1) is 19.1 Å². The summed E-state index contributed by atoms with van der Waals surface area (Å²) in [4.78, 5) is 43.3. The second-order valence-electron chi connectivity index (χ2n) is 3.56. The lowest BCUT2D eigenvalue weighted by Crippen LogP contribution is -2.54. The molecule has 0 heterocycles. The minimum atomic E-state index is -1.40. The van der Waals surface area contributed by atoms with Crippen molar-refractivity contribution in [3.63, 3.8) is 0 Å². The van der Waals surface area contributed by atoms with Crippen molar-refractivity contribution in [3.8, 4) is 0 Å². The van der Waals surface area contributed by atoms with E-state index in [-0.39, 0.29) is 0 Å². The van der Waals surface area contributed by atoms with Crippen molar-refractivity contribution in [2.45, 2.75) is 18.5 Å². The molecule has 0 aliphatic rings. The first kappa shape index (κ1) is 16.8. The van der Waals surface area contributed by atoms with Gasteiger partial charge >= 0.3 is 11.9 Å². The van der Waals surface area contributed by atoms with Gasteiger partial charge in [-0.15, -0.1) is 0 Å². The molecule has 0 saturated carbocycles. The number of hydrogen-bond acceptors (Lipinski definition) is 6. The van der Waals surface area contributed by atoms with Gasteiger partial charge in [0.15, 0.2) is 0 Å². The average molecular weight is 277 g/mol. The Kier molecular flexibility index (Phi) is 7.07. The topological polar surface area (TPSA) is 179 Å². The number of nitrogens with one attached hydrogen (secondary N) is 2. The van der Waals surface area contributed by atoms with Gasteiger partial charge in [-0.3, -0.25) is 19.2 Å². The molecule has 7 N–H and O–H groups in total. The van der Waals surface area contributed by atoms with Gasteiger partial charge < -0.3 is 31.7 Å². The number of aliphatic hydroxyl groups excluding tert-OH is 1. The highest BCUT2D eigenvalue weighted by Crippen LogP contribution is 1.91. The molecule has 0 aliphatic carbocycles. The van der Waals surface area contributed by atoms with Crippen LogP contribution in [0.15, 0.2) is 0 Å². The highest BCUT2D eigenvalue weighted by molar-refractivity contribution is 5.92. The normalized spacial score (nSPS) is 13.2. The molecule has 0 bridgehead atoms. The van der Waals surface area contributed by atoms with Gasteiger partial charge in [0.2, 0.25) is 11.8 Å². The zero-order chi connectivity index (χ0) is 15.0. The maximum absolute atomic E-state index is 11.4. The van der Waals surface area contributed by atoms with Gasteiger partial charge in [0, 0.05) is 0 Å². The maximum Gasteiger partial charge on any atom is 0.322 e. The van der Waals surface area contributed by atoms with E-state index in [2.05, 4.69) is 0 Å². The summed E-state index contributed by atoms with van der Waals surface area (Å²) in [5.74, 6) is -4.44. The lowest BCUT2D eigenvalue weighted by Gasteiger charge is -2.17. The minimum absolute atomic E-state index is 0.638. The van der Waals surface area contributed by atoms with E-state index in [9.17, 15) is 19.2 Å². The number of hydrogen-bond donors (Lipinski definition) is 6. The Morgan fingerprint density at radius 3 is 2.05 bits per heavy atom. The lowest BCUT2D eigenvalue weighted by molar-refractivity contribution is -0.140. The Labute approximate surface area is 107 Å². The van der Waals surface area contributed by atoms with Crippen LogP contribution in [0.1, 0.15) is 6.42 Å². The predicted molar refractivity (Wildman–Crippen MR) is 59.9 cm³/mol. The number of aliphatic hydroxyl groups is 1. The number of carboxylic acids is 2. The molecule has 10 nitrogen and oxygen atoms in total. The zero-order valence-electron chi connectivity index (χ0n) is 9.83. The molecule has 2 amide bonds. The molecule has 0 saturated heterocycles. The Bertz CT molecular complexity index is 371. The first-order chi connectivity index (χ1) is 8.77. The lowest BCUT2D eigenvalue weighted by atomic mass is 10.2. The summed E-state index contributed by atoms with van der Waals surface area (Å²) in [7, 11) is 0. The van der Waals surface area contributed by atoms with Crippen molar-refractivity contribution in [2.24, 2.45) is 5.73 Å². The van der Waals surface area contributed by atoms with E-state index in [1.807, 2.05) is 10.6 Å². The van der Waals surface area contributed by atoms with E-state index >= 15 is 0 Å². The SMILES string of the molecule is N[C@@H](CC(=O)O)C(=O)N[C@@H](CO)C(=O)NCC(=O)O. The van der Waals surface area contributed by atoms with Crippen LogP contribution in [0, 0.1) is 0 Å². The third-order valence-corrected chi connectivity index (χ3v) is 1.96. The molecule has 0 radical (unpaired) electrons. The standard InChI is InChI=1S/C9H15N3O7/c10-4(1-6(14)15)8(18)12-5(3-13)9(19)11-2-7(16)17/h4-5,13H,1-3,10H2,(H,11,19)(H,12,18)(H,14,15)(H,16,17)/t4-,5-/m0/s1. The molecule has 0 aliphatic heterocycles. The number of rotatable bonds is 8. The smallest absolute Gasteiger partial charge is 0.322 e. The van der Waals surface area contributed by atoms with Crippen LogP contribution in [0.3, 0.4) is 0 Å². The van der Waals surface area contributed by atoms with Crippen LogP contribution in [0.5, 0.6) is 0 Å². The van der Waals surface area contributed by atoms with E-state index in [1.54, 1.807) is 0 Å². The summed E-state index contributed by atoms with van der Waals surface area (Å²) < 4.78 is 0. The van der Waals surface area contributed by atoms with Crippen molar-refractivity contribution in [3.05, 3.63) is 0 Å². The van der Waals surface area contributed by atoms with Crippen LogP contribution in [-0.2, 0) is 19.2 Å². The first-order valence-electron chi connectivity index (χ1n) is 5.16.